The molecule has 0 heterocycles. The zero-order valence-electron chi connectivity index (χ0n) is 9.22. The number of carbonyl (C=O) groups excluding carboxylic acids is 1. The molecule has 0 aliphatic heterocycles. The van der Waals surface area contributed by atoms with Crippen molar-refractivity contribution in [3.05, 3.63) is 41.4 Å². The van der Waals surface area contributed by atoms with E-state index in [1.807, 2.05) is 6.92 Å². The summed E-state index contributed by atoms with van der Waals surface area (Å²) in [7, 11) is 0. The van der Waals surface area contributed by atoms with Crippen LogP contribution in [0.25, 0.3) is 0 Å². The van der Waals surface area contributed by atoms with Gasteiger partial charge in [-0.25, -0.2) is 0 Å². The second kappa shape index (κ2) is 6.30. The molecular weight excluding hydrogens is 224 g/mol. The molecule has 0 aromatic heterocycles. The second-order valence-corrected chi connectivity index (χ2v) is 4.06. The van der Waals surface area contributed by atoms with E-state index >= 15 is 0 Å². The molecule has 1 aromatic rings. The Balaban J connectivity index is 2.37. The Kier molecular flexibility index (Phi) is 5.02. The smallest absolute Gasteiger partial charge is 0.238 e. The largest absolute Gasteiger partial charge is 0.325 e. The predicted molar refractivity (Wildman–Crippen MR) is 67.8 cm³/mol. The molecule has 0 saturated heterocycles. The van der Waals surface area contributed by atoms with Crippen molar-refractivity contribution < 1.29 is 4.79 Å². The molecule has 0 spiro atoms. The standard InChI is InChI=1S/C12H15ClN2O/c1-9(2)7-14-8-12(16)15-11-5-3-4-10(13)6-11/h3-6,14H,1,7-8H2,2H3,(H,15,16). The number of hydrogen-bond donors (Lipinski definition) is 2. The number of nitrogens with one attached hydrogen (secondary N) is 2. The average molecular weight is 239 g/mol. The van der Waals surface area contributed by atoms with Gasteiger partial charge in [-0.05, 0) is 25.1 Å². The summed E-state index contributed by atoms with van der Waals surface area (Å²) < 4.78 is 0. The SMILES string of the molecule is C=C(C)CNCC(=O)Nc1cccc(Cl)c1. The van der Waals surface area contributed by atoms with Gasteiger partial charge in [-0.2, -0.15) is 0 Å². The van der Waals surface area contributed by atoms with Crippen LogP contribution in [0, 0.1) is 0 Å². The van der Waals surface area contributed by atoms with Crippen molar-refractivity contribution in [2.45, 2.75) is 6.92 Å². The van der Waals surface area contributed by atoms with Crippen LogP contribution in [-0.4, -0.2) is 19.0 Å². The maximum absolute atomic E-state index is 11.5. The van der Waals surface area contributed by atoms with Gasteiger partial charge in [0.25, 0.3) is 0 Å². The van der Waals surface area contributed by atoms with Gasteiger partial charge in [-0.1, -0.05) is 29.8 Å². The van der Waals surface area contributed by atoms with E-state index in [2.05, 4.69) is 17.2 Å². The highest BCUT2D eigenvalue weighted by molar-refractivity contribution is 6.30. The van der Waals surface area contributed by atoms with Gasteiger partial charge in [0.1, 0.15) is 0 Å². The highest BCUT2D eigenvalue weighted by atomic mass is 35.5. The third-order valence-electron chi connectivity index (χ3n) is 1.82. The number of amides is 1. The maximum Gasteiger partial charge on any atom is 0.238 e. The minimum absolute atomic E-state index is 0.0940. The van der Waals surface area contributed by atoms with Crippen LogP contribution < -0.4 is 10.6 Å². The van der Waals surface area contributed by atoms with Gasteiger partial charge in [0, 0.05) is 17.3 Å². The summed E-state index contributed by atoms with van der Waals surface area (Å²) in [5.41, 5.74) is 1.70. The lowest BCUT2D eigenvalue weighted by Gasteiger charge is -2.06. The lowest BCUT2D eigenvalue weighted by atomic mass is 10.3. The zero-order valence-corrected chi connectivity index (χ0v) is 9.97. The van der Waals surface area contributed by atoms with Gasteiger partial charge in [0.2, 0.25) is 5.91 Å². The minimum Gasteiger partial charge on any atom is -0.325 e. The van der Waals surface area contributed by atoms with E-state index in [4.69, 9.17) is 11.6 Å². The molecule has 0 bridgehead atoms. The normalized spacial score (nSPS) is 9.88. The lowest BCUT2D eigenvalue weighted by molar-refractivity contribution is -0.115. The van der Waals surface area contributed by atoms with E-state index in [1.165, 1.54) is 0 Å². The molecule has 0 aliphatic carbocycles. The van der Waals surface area contributed by atoms with Crippen LogP contribution in [0.5, 0.6) is 0 Å². The van der Waals surface area contributed by atoms with E-state index in [9.17, 15) is 4.79 Å². The van der Waals surface area contributed by atoms with Crippen LogP contribution in [-0.2, 0) is 4.79 Å². The minimum atomic E-state index is -0.0940. The van der Waals surface area contributed by atoms with Gasteiger partial charge in [0.05, 0.1) is 6.54 Å². The monoisotopic (exact) mass is 238 g/mol. The number of anilines is 1. The maximum atomic E-state index is 11.5. The number of hydrogen-bond acceptors (Lipinski definition) is 2. The van der Waals surface area contributed by atoms with Crippen molar-refractivity contribution in [1.82, 2.24) is 5.32 Å². The average Bonchev–Trinajstić information content (AvgIpc) is 2.16. The molecule has 1 amide bonds. The Morgan fingerprint density at radius 3 is 2.81 bits per heavy atom. The molecule has 4 heteroatoms. The molecule has 0 aliphatic rings. The van der Waals surface area contributed by atoms with E-state index in [-0.39, 0.29) is 12.5 Å². The van der Waals surface area contributed by atoms with Crippen LogP contribution in [0.3, 0.4) is 0 Å². The predicted octanol–water partition coefficient (Wildman–Crippen LogP) is 2.44. The Bertz CT molecular complexity index is 390. The molecule has 16 heavy (non-hydrogen) atoms. The van der Waals surface area contributed by atoms with E-state index in [0.29, 0.717) is 17.3 Å². The van der Waals surface area contributed by atoms with Crippen molar-refractivity contribution in [3.63, 3.8) is 0 Å². The fraction of sp³-hybridized carbons (Fsp3) is 0.250. The molecule has 2 N–H and O–H groups in total. The highest BCUT2D eigenvalue weighted by Gasteiger charge is 2.01. The van der Waals surface area contributed by atoms with Crippen molar-refractivity contribution >= 4 is 23.2 Å². The summed E-state index contributed by atoms with van der Waals surface area (Å²) in [6.45, 7) is 6.55. The van der Waals surface area contributed by atoms with Crippen LogP contribution in [0.15, 0.2) is 36.4 Å². The van der Waals surface area contributed by atoms with Crippen LogP contribution >= 0.6 is 11.6 Å². The van der Waals surface area contributed by atoms with E-state index < -0.39 is 0 Å². The highest BCUT2D eigenvalue weighted by Crippen LogP contribution is 2.14. The summed E-state index contributed by atoms with van der Waals surface area (Å²) in [5, 5.41) is 6.32. The molecule has 0 unspecified atom stereocenters. The summed E-state index contributed by atoms with van der Waals surface area (Å²) in [4.78, 5) is 11.5. The lowest BCUT2D eigenvalue weighted by Crippen LogP contribution is -2.28. The van der Waals surface area contributed by atoms with Crippen LogP contribution in [0.4, 0.5) is 5.69 Å². The molecular formula is C12H15ClN2O. The summed E-state index contributed by atoms with van der Waals surface area (Å²) in [6.07, 6.45) is 0. The third-order valence-corrected chi connectivity index (χ3v) is 2.06. The van der Waals surface area contributed by atoms with Gasteiger partial charge < -0.3 is 10.6 Å². The zero-order chi connectivity index (χ0) is 12.0. The van der Waals surface area contributed by atoms with Crippen molar-refractivity contribution in [2.24, 2.45) is 0 Å². The molecule has 0 atom stereocenters. The molecule has 0 saturated carbocycles. The first-order chi connectivity index (χ1) is 7.58. The fourth-order valence-corrected chi connectivity index (χ4v) is 1.35. The third kappa shape index (κ3) is 4.96. The Labute approximate surface area is 100 Å². The van der Waals surface area contributed by atoms with Gasteiger partial charge >= 0.3 is 0 Å². The van der Waals surface area contributed by atoms with Crippen molar-refractivity contribution in [1.29, 1.82) is 0 Å². The Morgan fingerprint density at radius 1 is 1.44 bits per heavy atom. The first-order valence-corrected chi connectivity index (χ1v) is 5.36. The summed E-state index contributed by atoms with van der Waals surface area (Å²) in [6, 6.07) is 7.05. The fourth-order valence-electron chi connectivity index (χ4n) is 1.16. The topological polar surface area (TPSA) is 41.1 Å². The number of halogens is 1. The van der Waals surface area contributed by atoms with Crippen molar-refractivity contribution in [2.75, 3.05) is 18.4 Å². The van der Waals surface area contributed by atoms with Gasteiger partial charge in [-0.15, -0.1) is 0 Å². The molecule has 0 fully saturated rings. The van der Waals surface area contributed by atoms with E-state index in [0.717, 1.165) is 5.57 Å². The molecule has 0 radical (unpaired) electrons. The molecule has 1 rings (SSSR count). The molecule has 3 nitrogen and oxygen atoms in total. The Hall–Kier alpha value is -1.32. The first-order valence-electron chi connectivity index (χ1n) is 4.98. The molecule has 1 aromatic carbocycles. The number of rotatable bonds is 5. The van der Waals surface area contributed by atoms with Gasteiger partial charge in [-0.3, -0.25) is 4.79 Å². The second-order valence-electron chi connectivity index (χ2n) is 3.62. The van der Waals surface area contributed by atoms with Crippen molar-refractivity contribution in [3.8, 4) is 0 Å². The first kappa shape index (κ1) is 12.7. The summed E-state index contributed by atoms with van der Waals surface area (Å²) in [5.74, 6) is -0.0940. The van der Waals surface area contributed by atoms with Gasteiger partial charge in [0.15, 0.2) is 0 Å². The quantitative estimate of drug-likeness (QED) is 0.774. The number of carbonyl (C=O) groups is 1. The van der Waals surface area contributed by atoms with Crippen LogP contribution in [0.2, 0.25) is 5.02 Å². The molecule has 86 valence electrons. The van der Waals surface area contributed by atoms with E-state index in [1.54, 1.807) is 24.3 Å². The number of benzene rings is 1. The summed E-state index contributed by atoms with van der Waals surface area (Å²) >= 11 is 5.80. The Morgan fingerprint density at radius 2 is 2.19 bits per heavy atom. The van der Waals surface area contributed by atoms with Crippen LogP contribution in [0.1, 0.15) is 6.92 Å².